The van der Waals surface area contributed by atoms with Gasteiger partial charge in [0.1, 0.15) is 5.75 Å². The maximum absolute atomic E-state index is 13.0. The summed E-state index contributed by atoms with van der Waals surface area (Å²) in [6.07, 6.45) is 3.22. The fourth-order valence-corrected chi connectivity index (χ4v) is 5.42. The molecule has 1 aromatic carbocycles. The highest BCUT2D eigenvalue weighted by atomic mass is 32.2. The zero-order valence-corrected chi connectivity index (χ0v) is 16.7. The first-order valence-electron chi connectivity index (χ1n) is 9.39. The summed E-state index contributed by atoms with van der Waals surface area (Å²) in [4.78, 5) is 2.73. The lowest BCUT2D eigenvalue weighted by Crippen LogP contribution is -2.36. The second-order valence-corrected chi connectivity index (χ2v) is 9.18. The molecule has 146 valence electrons. The van der Waals surface area contributed by atoms with Crippen LogP contribution in [0.25, 0.3) is 0 Å². The van der Waals surface area contributed by atoms with Gasteiger partial charge < -0.3 is 4.74 Å². The van der Waals surface area contributed by atoms with Gasteiger partial charge in [0, 0.05) is 25.7 Å². The average Bonchev–Trinajstić information content (AvgIpc) is 3.30. The van der Waals surface area contributed by atoms with Crippen LogP contribution in [0.5, 0.6) is 5.75 Å². The molecule has 4 rings (SSSR count). The van der Waals surface area contributed by atoms with Crippen LogP contribution in [-0.4, -0.2) is 54.1 Å². The molecule has 0 bridgehead atoms. The van der Waals surface area contributed by atoms with Gasteiger partial charge in [-0.15, -0.1) is 0 Å². The fraction of sp³-hybridized carbons (Fsp3) is 0.526. The van der Waals surface area contributed by atoms with Crippen LogP contribution in [0.15, 0.2) is 29.2 Å². The number of aryl methyl sites for hydroxylation is 1. The van der Waals surface area contributed by atoms with Crippen molar-refractivity contribution >= 4 is 10.0 Å². The van der Waals surface area contributed by atoms with Crippen LogP contribution in [0.2, 0.25) is 0 Å². The SMILES string of the molecule is COc1ccc(S(=O)(=O)N2CCc3c(CN4CCCC4)nn(C)c3C2)cc1. The Labute approximate surface area is 160 Å². The highest BCUT2D eigenvalue weighted by Crippen LogP contribution is 2.28. The van der Waals surface area contributed by atoms with Crippen LogP contribution >= 0.6 is 0 Å². The van der Waals surface area contributed by atoms with E-state index in [1.54, 1.807) is 35.7 Å². The number of sulfonamides is 1. The van der Waals surface area contributed by atoms with Crippen molar-refractivity contribution in [1.82, 2.24) is 19.0 Å². The summed E-state index contributed by atoms with van der Waals surface area (Å²) in [7, 11) is -0.0536. The third-order valence-electron chi connectivity index (χ3n) is 5.56. The quantitative estimate of drug-likeness (QED) is 0.778. The second-order valence-electron chi connectivity index (χ2n) is 7.24. The third kappa shape index (κ3) is 3.49. The molecule has 0 spiro atoms. The Balaban J connectivity index is 1.56. The summed E-state index contributed by atoms with van der Waals surface area (Å²) >= 11 is 0. The van der Waals surface area contributed by atoms with E-state index >= 15 is 0 Å². The van der Waals surface area contributed by atoms with Crippen molar-refractivity contribution in [1.29, 1.82) is 0 Å². The predicted octanol–water partition coefficient (Wildman–Crippen LogP) is 1.77. The lowest BCUT2D eigenvalue weighted by atomic mass is 10.1. The average molecular weight is 391 g/mol. The number of methoxy groups -OCH3 is 1. The minimum atomic E-state index is -3.53. The largest absolute Gasteiger partial charge is 0.497 e. The van der Waals surface area contributed by atoms with Gasteiger partial charge in [-0.2, -0.15) is 9.40 Å². The Morgan fingerprint density at radius 2 is 1.81 bits per heavy atom. The van der Waals surface area contributed by atoms with Crippen LogP contribution in [0, 0.1) is 0 Å². The summed E-state index contributed by atoms with van der Waals surface area (Å²) in [6.45, 7) is 3.98. The van der Waals surface area contributed by atoms with Gasteiger partial charge in [-0.25, -0.2) is 8.42 Å². The smallest absolute Gasteiger partial charge is 0.243 e. The van der Waals surface area contributed by atoms with E-state index in [1.165, 1.54) is 18.4 Å². The number of benzene rings is 1. The summed E-state index contributed by atoms with van der Waals surface area (Å²) in [5.41, 5.74) is 3.34. The molecule has 0 N–H and O–H groups in total. The van der Waals surface area contributed by atoms with E-state index in [2.05, 4.69) is 4.90 Å². The van der Waals surface area contributed by atoms with Crippen LogP contribution in [-0.2, 0) is 36.6 Å². The van der Waals surface area contributed by atoms with E-state index in [0.29, 0.717) is 30.2 Å². The van der Waals surface area contributed by atoms with Crippen molar-refractivity contribution in [3.05, 3.63) is 41.2 Å². The standard InChI is InChI=1S/C19H26N4O3S/c1-21-19-14-23(27(24,25)16-7-5-15(26-2)6-8-16)12-9-17(19)18(20-21)13-22-10-3-4-11-22/h5-8H,3-4,9-14H2,1-2H3. The van der Waals surface area contributed by atoms with E-state index < -0.39 is 10.0 Å². The molecule has 7 nitrogen and oxygen atoms in total. The van der Waals surface area contributed by atoms with Crippen LogP contribution in [0.1, 0.15) is 29.8 Å². The number of fused-ring (bicyclic) bond motifs is 1. The first-order valence-corrected chi connectivity index (χ1v) is 10.8. The van der Waals surface area contributed by atoms with Gasteiger partial charge in [0.25, 0.3) is 0 Å². The molecular weight excluding hydrogens is 364 g/mol. The Morgan fingerprint density at radius 3 is 2.48 bits per heavy atom. The molecule has 1 saturated heterocycles. The number of nitrogens with zero attached hydrogens (tertiary/aromatic N) is 4. The molecule has 0 radical (unpaired) electrons. The van der Waals surface area contributed by atoms with E-state index in [4.69, 9.17) is 9.84 Å². The Bertz CT molecular complexity index is 915. The molecule has 2 aliphatic heterocycles. The van der Waals surface area contributed by atoms with Crippen molar-refractivity contribution in [3.8, 4) is 5.75 Å². The topological polar surface area (TPSA) is 67.7 Å². The molecule has 27 heavy (non-hydrogen) atoms. The lowest BCUT2D eigenvalue weighted by molar-refractivity contribution is 0.324. The van der Waals surface area contributed by atoms with Gasteiger partial charge >= 0.3 is 0 Å². The number of hydrogen-bond donors (Lipinski definition) is 0. The third-order valence-corrected chi connectivity index (χ3v) is 7.42. The molecule has 1 fully saturated rings. The summed E-state index contributed by atoms with van der Waals surface area (Å²) < 4.78 is 34.6. The predicted molar refractivity (Wildman–Crippen MR) is 102 cm³/mol. The highest BCUT2D eigenvalue weighted by Gasteiger charge is 2.32. The van der Waals surface area contributed by atoms with E-state index in [-0.39, 0.29) is 0 Å². The minimum absolute atomic E-state index is 0.297. The first kappa shape index (κ1) is 18.5. The van der Waals surface area contributed by atoms with Gasteiger partial charge in [0.05, 0.1) is 29.9 Å². The van der Waals surface area contributed by atoms with Crippen LogP contribution in [0.4, 0.5) is 0 Å². The summed E-state index contributed by atoms with van der Waals surface area (Å²) in [6, 6.07) is 6.57. The van der Waals surface area contributed by atoms with E-state index in [9.17, 15) is 8.42 Å². The number of hydrogen-bond acceptors (Lipinski definition) is 5. The fourth-order valence-electron chi connectivity index (χ4n) is 4.01. The summed E-state index contributed by atoms with van der Waals surface area (Å²) in [5, 5.41) is 4.70. The Kier molecular flexibility index (Phi) is 4.96. The van der Waals surface area contributed by atoms with Crippen molar-refractivity contribution in [2.75, 3.05) is 26.7 Å². The molecule has 0 aliphatic carbocycles. The second kappa shape index (κ2) is 7.26. The molecule has 3 heterocycles. The molecule has 0 unspecified atom stereocenters. The van der Waals surface area contributed by atoms with E-state index in [1.807, 2.05) is 11.7 Å². The number of likely N-dealkylation sites (tertiary alicyclic amines) is 1. The Morgan fingerprint density at radius 1 is 1.11 bits per heavy atom. The zero-order valence-electron chi connectivity index (χ0n) is 15.9. The molecule has 1 aromatic heterocycles. The molecule has 0 saturated carbocycles. The normalized spacial score (nSPS) is 18.6. The van der Waals surface area contributed by atoms with Crippen molar-refractivity contribution in [2.24, 2.45) is 7.05 Å². The Hall–Kier alpha value is -1.90. The van der Waals surface area contributed by atoms with Crippen LogP contribution in [0.3, 0.4) is 0 Å². The van der Waals surface area contributed by atoms with E-state index in [0.717, 1.165) is 31.0 Å². The number of aromatic nitrogens is 2. The molecule has 0 amide bonds. The van der Waals surface area contributed by atoms with Gasteiger partial charge in [0.2, 0.25) is 10.0 Å². The van der Waals surface area contributed by atoms with Crippen molar-refractivity contribution < 1.29 is 13.2 Å². The molecule has 0 atom stereocenters. The number of ether oxygens (including phenoxy) is 1. The molecule has 2 aliphatic rings. The highest BCUT2D eigenvalue weighted by molar-refractivity contribution is 7.89. The molecule has 8 heteroatoms. The zero-order chi connectivity index (χ0) is 19.0. The minimum Gasteiger partial charge on any atom is -0.497 e. The van der Waals surface area contributed by atoms with Gasteiger partial charge in [0.15, 0.2) is 0 Å². The van der Waals surface area contributed by atoms with Gasteiger partial charge in [-0.05, 0) is 56.6 Å². The number of rotatable bonds is 5. The first-order chi connectivity index (χ1) is 13.0. The van der Waals surface area contributed by atoms with Crippen molar-refractivity contribution in [3.63, 3.8) is 0 Å². The monoisotopic (exact) mass is 390 g/mol. The van der Waals surface area contributed by atoms with Gasteiger partial charge in [-0.1, -0.05) is 0 Å². The molecular formula is C19H26N4O3S. The molecule has 2 aromatic rings. The summed E-state index contributed by atoms with van der Waals surface area (Å²) in [5.74, 6) is 0.646. The van der Waals surface area contributed by atoms with Crippen molar-refractivity contribution in [2.45, 2.75) is 37.2 Å². The van der Waals surface area contributed by atoms with Gasteiger partial charge in [-0.3, -0.25) is 9.58 Å². The maximum Gasteiger partial charge on any atom is 0.243 e. The van der Waals surface area contributed by atoms with Crippen LogP contribution < -0.4 is 4.74 Å². The maximum atomic E-state index is 13.0. The lowest BCUT2D eigenvalue weighted by Gasteiger charge is -2.27.